The second-order valence-electron chi connectivity index (χ2n) is 6.79. The number of piperazine rings is 1. The van der Waals surface area contributed by atoms with Crippen LogP contribution in [0.2, 0.25) is 0 Å². The molecule has 0 unspecified atom stereocenters. The van der Waals surface area contributed by atoms with Gasteiger partial charge in [0.15, 0.2) is 0 Å². The fraction of sp³-hybridized carbons (Fsp3) is 0.400. The van der Waals surface area contributed by atoms with E-state index in [4.69, 9.17) is 4.98 Å². The quantitative estimate of drug-likeness (QED) is 0.773. The molecule has 0 spiro atoms. The van der Waals surface area contributed by atoms with E-state index < -0.39 is 0 Å². The SMILES string of the molecule is O=C(/C=C/c1ccccc1)N1CCN(Cc2nc(C3CC3)cs2)CC1. The van der Waals surface area contributed by atoms with E-state index in [-0.39, 0.29) is 5.91 Å². The molecule has 1 aliphatic heterocycles. The zero-order valence-electron chi connectivity index (χ0n) is 14.3. The van der Waals surface area contributed by atoms with Gasteiger partial charge in [-0.2, -0.15) is 0 Å². The van der Waals surface area contributed by atoms with Crippen LogP contribution in [0.1, 0.15) is 35.0 Å². The summed E-state index contributed by atoms with van der Waals surface area (Å²) in [5, 5.41) is 3.44. The molecule has 1 saturated heterocycles. The van der Waals surface area contributed by atoms with Gasteiger partial charge in [0.25, 0.3) is 0 Å². The molecule has 1 amide bonds. The Morgan fingerprint density at radius 2 is 1.92 bits per heavy atom. The number of thiazole rings is 1. The Balaban J connectivity index is 1.26. The molecule has 1 aromatic carbocycles. The van der Waals surface area contributed by atoms with Crippen LogP contribution in [0.4, 0.5) is 0 Å². The smallest absolute Gasteiger partial charge is 0.246 e. The first kappa shape index (κ1) is 16.5. The highest BCUT2D eigenvalue weighted by Crippen LogP contribution is 2.40. The highest BCUT2D eigenvalue weighted by Gasteiger charge is 2.26. The number of amides is 1. The molecule has 4 nitrogen and oxygen atoms in total. The van der Waals surface area contributed by atoms with Gasteiger partial charge in [-0.3, -0.25) is 9.69 Å². The van der Waals surface area contributed by atoms with Gasteiger partial charge in [-0.15, -0.1) is 11.3 Å². The molecule has 2 aliphatic rings. The van der Waals surface area contributed by atoms with Gasteiger partial charge in [0, 0.05) is 43.6 Å². The topological polar surface area (TPSA) is 36.4 Å². The van der Waals surface area contributed by atoms with Gasteiger partial charge in [-0.25, -0.2) is 4.98 Å². The van der Waals surface area contributed by atoms with E-state index in [1.165, 1.54) is 23.5 Å². The highest BCUT2D eigenvalue weighted by molar-refractivity contribution is 7.09. The van der Waals surface area contributed by atoms with E-state index in [0.29, 0.717) is 0 Å². The van der Waals surface area contributed by atoms with Gasteiger partial charge < -0.3 is 4.90 Å². The van der Waals surface area contributed by atoms with Crippen molar-refractivity contribution >= 4 is 23.3 Å². The van der Waals surface area contributed by atoms with Gasteiger partial charge in [-0.1, -0.05) is 30.3 Å². The van der Waals surface area contributed by atoms with E-state index in [9.17, 15) is 4.79 Å². The molecule has 2 fully saturated rings. The Labute approximate surface area is 152 Å². The summed E-state index contributed by atoms with van der Waals surface area (Å²) < 4.78 is 0. The number of carbonyl (C=O) groups excluding carboxylic acids is 1. The molecule has 130 valence electrons. The monoisotopic (exact) mass is 353 g/mol. The standard InChI is InChI=1S/C20H23N3OS/c24-20(9-6-16-4-2-1-3-5-16)23-12-10-22(11-13-23)14-19-21-18(15-25-19)17-7-8-17/h1-6,9,15,17H,7-8,10-14H2/b9-6+. The van der Waals surface area contributed by atoms with Crippen molar-refractivity contribution < 1.29 is 4.79 Å². The van der Waals surface area contributed by atoms with Crippen molar-refractivity contribution in [3.63, 3.8) is 0 Å². The van der Waals surface area contributed by atoms with Crippen molar-refractivity contribution in [3.05, 3.63) is 58.1 Å². The third kappa shape index (κ3) is 4.35. The fourth-order valence-corrected chi connectivity index (χ4v) is 4.04. The van der Waals surface area contributed by atoms with Crippen molar-refractivity contribution in [2.24, 2.45) is 0 Å². The lowest BCUT2D eigenvalue weighted by atomic mass is 10.2. The minimum absolute atomic E-state index is 0.105. The van der Waals surface area contributed by atoms with E-state index in [1.807, 2.05) is 41.3 Å². The minimum atomic E-state index is 0.105. The predicted molar refractivity (Wildman–Crippen MR) is 101 cm³/mol. The summed E-state index contributed by atoms with van der Waals surface area (Å²) in [6.45, 7) is 4.34. The average molecular weight is 353 g/mol. The summed E-state index contributed by atoms with van der Waals surface area (Å²) in [7, 11) is 0. The molecular weight excluding hydrogens is 330 g/mol. The van der Waals surface area contributed by atoms with Crippen molar-refractivity contribution in [3.8, 4) is 0 Å². The van der Waals surface area contributed by atoms with Crippen LogP contribution in [-0.4, -0.2) is 46.9 Å². The summed E-state index contributed by atoms with van der Waals surface area (Å²) in [6.07, 6.45) is 6.19. The first-order valence-electron chi connectivity index (χ1n) is 8.96. The Bertz CT molecular complexity index is 743. The van der Waals surface area contributed by atoms with Crippen LogP contribution < -0.4 is 0 Å². The summed E-state index contributed by atoms with van der Waals surface area (Å²) in [6, 6.07) is 9.96. The molecule has 1 aromatic heterocycles. The minimum Gasteiger partial charge on any atom is -0.337 e. The van der Waals surface area contributed by atoms with Crippen molar-refractivity contribution in [1.29, 1.82) is 0 Å². The number of hydrogen-bond acceptors (Lipinski definition) is 4. The van der Waals surface area contributed by atoms with Crippen molar-refractivity contribution in [1.82, 2.24) is 14.8 Å². The number of rotatable bonds is 5. The molecule has 0 atom stereocenters. The van der Waals surface area contributed by atoms with Gasteiger partial charge in [-0.05, 0) is 24.5 Å². The normalized spacial score (nSPS) is 18.8. The van der Waals surface area contributed by atoms with Crippen LogP contribution in [-0.2, 0) is 11.3 Å². The lowest BCUT2D eigenvalue weighted by molar-refractivity contribution is -0.127. The molecule has 0 N–H and O–H groups in total. The van der Waals surface area contributed by atoms with Gasteiger partial charge in [0.05, 0.1) is 12.2 Å². The third-order valence-electron chi connectivity index (χ3n) is 4.83. The van der Waals surface area contributed by atoms with E-state index in [1.54, 1.807) is 17.4 Å². The molecule has 2 aromatic rings. The van der Waals surface area contributed by atoms with Crippen LogP contribution in [0.5, 0.6) is 0 Å². The maximum Gasteiger partial charge on any atom is 0.246 e. The third-order valence-corrected chi connectivity index (χ3v) is 5.68. The van der Waals surface area contributed by atoms with Gasteiger partial charge in [0.2, 0.25) is 5.91 Å². The van der Waals surface area contributed by atoms with Crippen LogP contribution in [0, 0.1) is 0 Å². The highest BCUT2D eigenvalue weighted by atomic mass is 32.1. The van der Waals surface area contributed by atoms with Crippen LogP contribution in [0.3, 0.4) is 0 Å². The van der Waals surface area contributed by atoms with Crippen molar-refractivity contribution in [2.45, 2.75) is 25.3 Å². The summed E-state index contributed by atoms with van der Waals surface area (Å²) in [4.78, 5) is 21.4. The predicted octanol–water partition coefficient (Wildman–Crippen LogP) is 3.38. The Morgan fingerprint density at radius 1 is 1.16 bits per heavy atom. The molecule has 5 heteroatoms. The van der Waals surface area contributed by atoms with Crippen LogP contribution >= 0.6 is 11.3 Å². The second kappa shape index (κ2) is 7.50. The molecule has 0 bridgehead atoms. The molecule has 4 rings (SSSR count). The largest absolute Gasteiger partial charge is 0.337 e. The second-order valence-corrected chi connectivity index (χ2v) is 7.73. The van der Waals surface area contributed by atoms with Crippen LogP contribution in [0.25, 0.3) is 6.08 Å². The number of hydrogen-bond donors (Lipinski definition) is 0. The molecule has 25 heavy (non-hydrogen) atoms. The van der Waals surface area contributed by atoms with Crippen molar-refractivity contribution in [2.75, 3.05) is 26.2 Å². The average Bonchev–Trinajstić information content (AvgIpc) is 3.41. The van der Waals surface area contributed by atoms with E-state index in [0.717, 1.165) is 44.2 Å². The van der Waals surface area contributed by atoms with Gasteiger partial charge in [0.1, 0.15) is 5.01 Å². The van der Waals surface area contributed by atoms with E-state index in [2.05, 4.69) is 10.3 Å². The molecule has 0 radical (unpaired) electrons. The summed E-state index contributed by atoms with van der Waals surface area (Å²) >= 11 is 1.78. The number of aromatic nitrogens is 1. The first-order valence-corrected chi connectivity index (χ1v) is 9.84. The van der Waals surface area contributed by atoms with Gasteiger partial charge >= 0.3 is 0 Å². The lowest BCUT2D eigenvalue weighted by Gasteiger charge is -2.33. The lowest BCUT2D eigenvalue weighted by Crippen LogP contribution is -2.47. The molecule has 1 saturated carbocycles. The molecular formula is C20H23N3OS. The molecule has 2 heterocycles. The zero-order valence-corrected chi connectivity index (χ0v) is 15.1. The Kier molecular flexibility index (Phi) is 4.95. The zero-order chi connectivity index (χ0) is 17.1. The number of carbonyl (C=O) groups is 1. The Hall–Kier alpha value is -1.98. The van der Waals surface area contributed by atoms with Crippen LogP contribution in [0.15, 0.2) is 41.8 Å². The number of benzene rings is 1. The Morgan fingerprint density at radius 3 is 2.64 bits per heavy atom. The fourth-order valence-electron chi connectivity index (χ4n) is 3.12. The maximum absolute atomic E-state index is 12.3. The van der Waals surface area contributed by atoms with E-state index >= 15 is 0 Å². The maximum atomic E-state index is 12.3. The summed E-state index contributed by atoms with van der Waals surface area (Å²) in [5.41, 5.74) is 2.35. The number of nitrogens with zero attached hydrogens (tertiary/aromatic N) is 3. The molecule has 1 aliphatic carbocycles. The summed E-state index contributed by atoms with van der Waals surface area (Å²) in [5.74, 6) is 0.838. The first-order chi connectivity index (χ1) is 12.3.